The van der Waals surface area contributed by atoms with Crippen molar-refractivity contribution in [3.63, 3.8) is 0 Å². The number of likely N-dealkylation sites (tertiary alicyclic amines) is 1. The second kappa shape index (κ2) is 6.75. The van der Waals surface area contributed by atoms with E-state index in [-0.39, 0.29) is 18.1 Å². The van der Waals surface area contributed by atoms with E-state index in [4.69, 9.17) is 9.84 Å². The summed E-state index contributed by atoms with van der Waals surface area (Å²) in [6, 6.07) is 9.69. The number of carbonyl (C=O) groups is 1. The summed E-state index contributed by atoms with van der Waals surface area (Å²) in [4.78, 5) is 13.9. The Morgan fingerprint density at radius 2 is 2.15 bits per heavy atom. The smallest absolute Gasteiger partial charge is 0.410 e. The van der Waals surface area contributed by atoms with Gasteiger partial charge in [-0.05, 0) is 30.2 Å². The molecule has 20 heavy (non-hydrogen) atoms. The monoisotopic (exact) mass is 277 g/mol. The molecule has 4 heteroatoms. The van der Waals surface area contributed by atoms with Crippen molar-refractivity contribution in [3.05, 3.63) is 35.9 Å². The van der Waals surface area contributed by atoms with Crippen LogP contribution >= 0.6 is 0 Å². The molecule has 1 N–H and O–H groups in total. The highest BCUT2D eigenvalue weighted by molar-refractivity contribution is 5.67. The van der Waals surface area contributed by atoms with Crippen LogP contribution in [0.2, 0.25) is 0 Å². The van der Waals surface area contributed by atoms with Crippen LogP contribution in [-0.4, -0.2) is 35.8 Å². The highest BCUT2D eigenvalue weighted by Gasteiger charge is 2.33. The van der Waals surface area contributed by atoms with Gasteiger partial charge in [-0.15, -0.1) is 0 Å². The van der Waals surface area contributed by atoms with Crippen molar-refractivity contribution < 1.29 is 14.6 Å². The Morgan fingerprint density at radius 3 is 2.85 bits per heavy atom. The fourth-order valence-electron chi connectivity index (χ4n) is 2.76. The van der Waals surface area contributed by atoms with Gasteiger partial charge in [-0.2, -0.15) is 0 Å². The van der Waals surface area contributed by atoms with Crippen molar-refractivity contribution in [1.82, 2.24) is 4.90 Å². The molecular weight excluding hydrogens is 254 g/mol. The van der Waals surface area contributed by atoms with Crippen LogP contribution in [0.3, 0.4) is 0 Å². The summed E-state index contributed by atoms with van der Waals surface area (Å²) >= 11 is 0. The molecule has 1 saturated heterocycles. The lowest BCUT2D eigenvalue weighted by molar-refractivity contribution is 0.0474. The third-order valence-corrected chi connectivity index (χ3v) is 3.96. The molecule has 0 aromatic heterocycles. The van der Waals surface area contributed by atoms with Gasteiger partial charge in [0.2, 0.25) is 0 Å². The van der Waals surface area contributed by atoms with Gasteiger partial charge in [-0.25, -0.2) is 4.79 Å². The van der Waals surface area contributed by atoms with Crippen molar-refractivity contribution >= 4 is 6.09 Å². The lowest BCUT2D eigenvalue weighted by Gasteiger charge is -2.39. The zero-order chi connectivity index (χ0) is 14.4. The van der Waals surface area contributed by atoms with Crippen molar-refractivity contribution in [3.8, 4) is 0 Å². The number of rotatable bonds is 4. The van der Waals surface area contributed by atoms with Crippen LogP contribution in [0.25, 0.3) is 0 Å². The molecule has 1 heterocycles. The van der Waals surface area contributed by atoms with E-state index in [9.17, 15) is 4.79 Å². The van der Waals surface area contributed by atoms with E-state index in [0.717, 1.165) is 31.4 Å². The first kappa shape index (κ1) is 14.9. The van der Waals surface area contributed by atoms with Crippen LogP contribution in [0, 0.1) is 5.41 Å². The number of carbonyl (C=O) groups excluding carboxylic acids is 1. The Bertz CT molecular complexity index is 431. The minimum atomic E-state index is -0.252. The van der Waals surface area contributed by atoms with Gasteiger partial charge in [0.25, 0.3) is 0 Å². The lowest BCUT2D eigenvalue weighted by atomic mass is 9.79. The SMILES string of the molecule is CC1(CCO)CCCN(C(=O)OCc2ccccc2)C1. The number of ether oxygens (including phenoxy) is 1. The maximum atomic E-state index is 12.1. The first-order valence-corrected chi connectivity index (χ1v) is 7.19. The van der Waals surface area contributed by atoms with Gasteiger partial charge in [-0.1, -0.05) is 37.3 Å². The van der Waals surface area contributed by atoms with Gasteiger partial charge in [0.15, 0.2) is 0 Å². The predicted octanol–water partition coefficient (Wildman–Crippen LogP) is 2.81. The molecule has 1 aromatic rings. The number of amides is 1. The highest BCUT2D eigenvalue weighted by atomic mass is 16.6. The number of nitrogens with zero attached hydrogens (tertiary/aromatic N) is 1. The van der Waals surface area contributed by atoms with E-state index >= 15 is 0 Å². The van der Waals surface area contributed by atoms with Crippen LogP contribution in [0.4, 0.5) is 4.79 Å². The quantitative estimate of drug-likeness (QED) is 0.920. The summed E-state index contributed by atoms with van der Waals surface area (Å²) in [7, 11) is 0. The third-order valence-electron chi connectivity index (χ3n) is 3.96. The number of piperidine rings is 1. The highest BCUT2D eigenvalue weighted by Crippen LogP contribution is 2.32. The molecule has 1 fully saturated rings. The first-order valence-electron chi connectivity index (χ1n) is 7.19. The molecule has 1 atom stereocenters. The van der Waals surface area contributed by atoms with Crippen LogP contribution in [-0.2, 0) is 11.3 Å². The number of hydrogen-bond donors (Lipinski definition) is 1. The van der Waals surface area contributed by atoms with Gasteiger partial charge in [0.05, 0.1) is 0 Å². The Balaban J connectivity index is 1.86. The molecule has 1 amide bonds. The number of aliphatic hydroxyl groups excluding tert-OH is 1. The Hall–Kier alpha value is -1.55. The standard InChI is InChI=1S/C16H23NO3/c1-16(9-11-18)8-5-10-17(13-16)15(19)20-12-14-6-3-2-4-7-14/h2-4,6-7,18H,5,8-13H2,1H3. The van der Waals surface area contributed by atoms with E-state index in [1.165, 1.54) is 0 Å². The van der Waals surface area contributed by atoms with Crippen LogP contribution < -0.4 is 0 Å². The predicted molar refractivity (Wildman–Crippen MR) is 77.2 cm³/mol. The number of benzene rings is 1. The molecule has 2 rings (SSSR count). The molecule has 1 aliphatic heterocycles. The fraction of sp³-hybridized carbons (Fsp3) is 0.562. The molecule has 0 spiro atoms. The van der Waals surface area contributed by atoms with E-state index < -0.39 is 0 Å². The van der Waals surface area contributed by atoms with Crippen LogP contribution in [0.15, 0.2) is 30.3 Å². The molecule has 1 aromatic carbocycles. The molecular formula is C16H23NO3. The molecule has 1 unspecified atom stereocenters. The zero-order valence-corrected chi connectivity index (χ0v) is 12.0. The van der Waals surface area contributed by atoms with E-state index in [0.29, 0.717) is 13.2 Å². The van der Waals surface area contributed by atoms with E-state index in [1.807, 2.05) is 30.3 Å². The van der Waals surface area contributed by atoms with Gasteiger partial charge in [0.1, 0.15) is 6.61 Å². The maximum absolute atomic E-state index is 12.1. The number of hydrogen-bond acceptors (Lipinski definition) is 3. The number of aliphatic hydroxyl groups is 1. The van der Waals surface area contributed by atoms with Crippen molar-refractivity contribution in [2.45, 2.75) is 32.8 Å². The molecule has 110 valence electrons. The average molecular weight is 277 g/mol. The lowest BCUT2D eigenvalue weighted by Crippen LogP contribution is -2.45. The molecule has 4 nitrogen and oxygen atoms in total. The minimum Gasteiger partial charge on any atom is -0.445 e. The second-order valence-corrected chi connectivity index (χ2v) is 5.85. The Morgan fingerprint density at radius 1 is 1.40 bits per heavy atom. The van der Waals surface area contributed by atoms with Crippen LogP contribution in [0.1, 0.15) is 31.7 Å². The second-order valence-electron chi connectivity index (χ2n) is 5.85. The van der Waals surface area contributed by atoms with Crippen LogP contribution in [0.5, 0.6) is 0 Å². The van der Waals surface area contributed by atoms with E-state index in [2.05, 4.69) is 6.92 Å². The summed E-state index contributed by atoms with van der Waals surface area (Å²) < 4.78 is 5.36. The van der Waals surface area contributed by atoms with Gasteiger partial charge >= 0.3 is 6.09 Å². The maximum Gasteiger partial charge on any atom is 0.410 e. The Labute approximate surface area is 120 Å². The topological polar surface area (TPSA) is 49.8 Å². The largest absolute Gasteiger partial charge is 0.445 e. The first-order chi connectivity index (χ1) is 9.63. The average Bonchev–Trinajstić information content (AvgIpc) is 2.46. The van der Waals surface area contributed by atoms with Gasteiger partial charge in [0, 0.05) is 19.7 Å². The minimum absolute atomic E-state index is 0.0127. The third kappa shape index (κ3) is 3.97. The molecule has 1 aliphatic rings. The fourth-order valence-corrected chi connectivity index (χ4v) is 2.76. The summed E-state index contributed by atoms with van der Waals surface area (Å²) in [5.74, 6) is 0. The van der Waals surface area contributed by atoms with Gasteiger partial charge < -0.3 is 14.7 Å². The molecule has 0 saturated carbocycles. The zero-order valence-electron chi connectivity index (χ0n) is 12.0. The Kier molecular flexibility index (Phi) is 5.01. The van der Waals surface area contributed by atoms with Crippen molar-refractivity contribution in [2.75, 3.05) is 19.7 Å². The molecule has 0 aliphatic carbocycles. The van der Waals surface area contributed by atoms with Crippen molar-refractivity contribution in [1.29, 1.82) is 0 Å². The summed E-state index contributed by atoms with van der Waals surface area (Å²) in [5.41, 5.74) is 1.01. The summed E-state index contributed by atoms with van der Waals surface area (Å²) in [6.07, 6.45) is 2.50. The summed E-state index contributed by atoms with van der Waals surface area (Å²) in [6.45, 7) is 4.02. The van der Waals surface area contributed by atoms with Crippen molar-refractivity contribution in [2.24, 2.45) is 5.41 Å². The molecule has 0 radical (unpaired) electrons. The normalized spacial score (nSPS) is 22.6. The molecule has 0 bridgehead atoms. The van der Waals surface area contributed by atoms with Gasteiger partial charge in [-0.3, -0.25) is 0 Å². The summed E-state index contributed by atoms with van der Waals surface area (Å²) in [5, 5.41) is 9.13. The van der Waals surface area contributed by atoms with E-state index in [1.54, 1.807) is 4.90 Å².